The zero-order chi connectivity index (χ0) is 28.2. The van der Waals surface area contributed by atoms with Gasteiger partial charge < -0.3 is 25.3 Å². The van der Waals surface area contributed by atoms with Crippen LogP contribution in [0.4, 0.5) is 23.2 Å². The van der Waals surface area contributed by atoms with Crippen molar-refractivity contribution in [3.63, 3.8) is 0 Å². The number of rotatable bonds is 8. The third-order valence-electron chi connectivity index (χ3n) is 5.27. The van der Waals surface area contributed by atoms with E-state index in [4.69, 9.17) is 15.2 Å². The van der Waals surface area contributed by atoms with E-state index in [0.29, 0.717) is 5.56 Å². The average molecular weight is 541 g/mol. The maximum absolute atomic E-state index is 15.9. The van der Waals surface area contributed by atoms with Gasteiger partial charge in [-0.15, -0.1) is 13.2 Å². The molecule has 200 valence electrons. The first kappa shape index (κ1) is 26.9. The standard InChI is InChI=1S/C27H19F4N3O5/c1-37-22-14-17(39-27(29,30)31)7-9-20(22)38-21-10-8-18(15-5-3-2-4-6-15)24(28)23(21)26(36)34-16-11-12-33-19(13-16)25(32)35/h2-14H,1H3,(H2,32,35)(H,33,34,36). The fourth-order valence-corrected chi connectivity index (χ4v) is 3.58. The van der Waals surface area contributed by atoms with Crippen molar-refractivity contribution in [2.24, 2.45) is 5.73 Å². The van der Waals surface area contributed by atoms with Crippen LogP contribution in [-0.4, -0.2) is 30.3 Å². The first-order valence-electron chi connectivity index (χ1n) is 11.1. The van der Waals surface area contributed by atoms with Gasteiger partial charge in [0.25, 0.3) is 11.8 Å². The molecule has 0 atom stereocenters. The highest BCUT2D eigenvalue weighted by Gasteiger charge is 2.31. The SMILES string of the molecule is COc1cc(OC(F)(F)F)ccc1Oc1ccc(-c2ccccc2)c(F)c1C(=O)Nc1ccnc(C(N)=O)c1. The number of ether oxygens (including phenoxy) is 3. The van der Waals surface area contributed by atoms with Crippen molar-refractivity contribution in [2.75, 3.05) is 12.4 Å². The molecule has 4 aromatic rings. The summed E-state index contributed by atoms with van der Waals surface area (Å²) in [4.78, 5) is 28.6. The highest BCUT2D eigenvalue weighted by Crippen LogP contribution is 2.39. The number of nitrogens with one attached hydrogen (secondary N) is 1. The quantitative estimate of drug-likeness (QED) is 0.267. The van der Waals surface area contributed by atoms with Crippen LogP contribution in [0.25, 0.3) is 11.1 Å². The van der Waals surface area contributed by atoms with E-state index in [0.717, 1.165) is 18.2 Å². The van der Waals surface area contributed by atoms with Gasteiger partial charge in [0.2, 0.25) is 0 Å². The first-order valence-corrected chi connectivity index (χ1v) is 11.1. The molecule has 1 aromatic heterocycles. The van der Waals surface area contributed by atoms with Crippen LogP contribution in [0.5, 0.6) is 23.0 Å². The molecule has 0 aliphatic carbocycles. The smallest absolute Gasteiger partial charge is 0.493 e. The molecule has 0 bridgehead atoms. The molecule has 3 aromatic carbocycles. The minimum atomic E-state index is -4.93. The lowest BCUT2D eigenvalue weighted by Gasteiger charge is -2.17. The Bertz CT molecular complexity index is 1530. The van der Waals surface area contributed by atoms with Gasteiger partial charge in [-0.2, -0.15) is 0 Å². The maximum Gasteiger partial charge on any atom is 0.573 e. The van der Waals surface area contributed by atoms with Crippen molar-refractivity contribution in [1.82, 2.24) is 4.98 Å². The Morgan fingerprint density at radius 1 is 0.923 bits per heavy atom. The number of halogens is 4. The summed E-state index contributed by atoms with van der Waals surface area (Å²) in [5, 5.41) is 2.48. The van der Waals surface area contributed by atoms with Gasteiger partial charge in [0.05, 0.1) is 7.11 Å². The van der Waals surface area contributed by atoms with E-state index in [-0.39, 0.29) is 34.2 Å². The lowest BCUT2D eigenvalue weighted by Crippen LogP contribution is -2.18. The molecule has 0 aliphatic rings. The number of anilines is 1. The number of hydrogen-bond acceptors (Lipinski definition) is 6. The second kappa shape index (κ2) is 11.1. The molecule has 0 spiro atoms. The van der Waals surface area contributed by atoms with Gasteiger partial charge in [0.15, 0.2) is 11.5 Å². The van der Waals surface area contributed by atoms with Crippen LogP contribution in [0.15, 0.2) is 79.0 Å². The number of hydrogen-bond donors (Lipinski definition) is 2. The predicted molar refractivity (Wildman–Crippen MR) is 132 cm³/mol. The van der Waals surface area contributed by atoms with E-state index in [2.05, 4.69) is 15.0 Å². The molecule has 12 heteroatoms. The number of amides is 2. The number of methoxy groups -OCH3 is 1. The molecular weight excluding hydrogens is 522 g/mol. The van der Waals surface area contributed by atoms with Crippen LogP contribution >= 0.6 is 0 Å². The minimum absolute atomic E-state index is 0.0848. The lowest BCUT2D eigenvalue weighted by atomic mass is 10.0. The third kappa shape index (κ3) is 6.42. The molecule has 39 heavy (non-hydrogen) atoms. The second-order valence-corrected chi connectivity index (χ2v) is 7.88. The van der Waals surface area contributed by atoms with Crippen LogP contribution in [0.2, 0.25) is 0 Å². The third-order valence-corrected chi connectivity index (χ3v) is 5.27. The van der Waals surface area contributed by atoms with Crippen molar-refractivity contribution in [3.05, 3.63) is 96.1 Å². The predicted octanol–water partition coefficient (Wildman–Crippen LogP) is 5.94. The van der Waals surface area contributed by atoms with Gasteiger partial charge >= 0.3 is 6.36 Å². The van der Waals surface area contributed by atoms with E-state index in [1.165, 1.54) is 37.6 Å². The molecule has 1 heterocycles. The van der Waals surface area contributed by atoms with Gasteiger partial charge in [-0.05, 0) is 42.0 Å². The second-order valence-electron chi connectivity index (χ2n) is 7.88. The summed E-state index contributed by atoms with van der Waals surface area (Å²) in [7, 11) is 1.19. The Hall–Kier alpha value is -5.13. The van der Waals surface area contributed by atoms with Crippen LogP contribution in [0, 0.1) is 5.82 Å². The fraction of sp³-hybridized carbons (Fsp3) is 0.0741. The van der Waals surface area contributed by atoms with Crippen molar-refractivity contribution in [3.8, 4) is 34.1 Å². The molecule has 0 fully saturated rings. The summed E-state index contributed by atoms with van der Waals surface area (Å²) in [5.41, 5.74) is 5.25. The molecule has 4 rings (SSSR count). The number of aromatic nitrogens is 1. The number of primary amides is 1. The summed E-state index contributed by atoms with van der Waals surface area (Å²) < 4.78 is 68.6. The molecule has 3 N–H and O–H groups in total. The molecule has 0 saturated heterocycles. The Labute approximate surface area is 218 Å². The number of alkyl halides is 3. The molecular formula is C27H19F4N3O5. The highest BCUT2D eigenvalue weighted by atomic mass is 19.4. The lowest BCUT2D eigenvalue weighted by molar-refractivity contribution is -0.274. The summed E-state index contributed by atoms with van der Waals surface area (Å²) >= 11 is 0. The molecule has 0 saturated carbocycles. The molecule has 0 unspecified atom stereocenters. The number of carbonyl (C=O) groups is 2. The van der Waals surface area contributed by atoms with Crippen LogP contribution in [0.3, 0.4) is 0 Å². The van der Waals surface area contributed by atoms with E-state index < -0.39 is 35.3 Å². The van der Waals surface area contributed by atoms with Gasteiger partial charge in [0.1, 0.15) is 28.6 Å². The molecule has 2 amide bonds. The van der Waals surface area contributed by atoms with Crippen molar-refractivity contribution >= 4 is 17.5 Å². The van der Waals surface area contributed by atoms with E-state index in [9.17, 15) is 22.8 Å². The van der Waals surface area contributed by atoms with Crippen molar-refractivity contribution in [1.29, 1.82) is 0 Å². The Morgan fingerprint density at radius 3 is 2.31 bits per heavy atom. The monoisotopic (exact) mass is 541 g/mol. The number of pyridine rings is 1. The zero-order valence-corrected chi connectivity index (χ0v) is 20.1. The molecule has 0 aliphatic heterocycles. The summed E-state index contributed by atoms with van der Waals surface area (Å²) in [6.45, 7) is 0. The highest BCUT2D eigenvalue weighted by molar-refractivity contribution is 6.07. The molecule has 8 nitrogen and oxygen atoms in total. The van der Waals surface area contributed by atoms with E-state index in [1.807, 2.05) is 0 Å². The summed E-state index contributed by atoms with van der Waals surface area (Å²) in [6, 6.07) is 16.7. The first-order chi connectivity index (χ1) is 18.6. The average Bonchev–Trinajstić information content (AvgIpc) is 2.89. The van der Waals surface area contributed by atoms with E-state index >= 15 is 4.39 Å². The Morgan fingerprint density at radius 2 is 1.64 bits per heavy atom. The summed E-state index contributed by atoms with van der Waals surface area (Å²) in [5.74, 6) is -3.84. The topological polar surface area (TPSA) is 113 Å². The number of benzene rings is 3. The maximum atomic E-state index is 15.9. The van der Waals surface area contributed by atoms with E-state index in [1.54, 1.807) is 30.3 Å². The number of carbonyl (C=O) groups excluding carboxylic acids is 2. The summed E-state index contributed by atoms with van der Waals surface area (Å²) in [6.07, 6.45) is -3.70. The fourth-order valence-electron chi connectivity index (χ4n) is 3.58. The van der Waals surface area contributed by atoms with Crippen molar-refractivity contribution < 1.29 is 41.4 Å². The van der Waals surface area contributed by atoms with Crippen LogP contribution in [0.1, 0.15) is 20.8 Å². The van der Waals surface area contributed by atoms with Gasteiger partial charge in [-0.25, -0.2) is 4.39 Å². The Balaban J connectivity index is 1.76. The van der Waals surface area contributed by atoms with Gasteiger partial charge in [-0.1, -0.05) is 30.3 Å². The van der Waals surface area contributed by atoms with Crippen LogP contribution in [-0.2, 0) is 0 Å². The molecule has 0 radical (unpaired) electrons. The van der Waals surface area contributed by atoms with Gasteiger partial charge in [0, 0.05) is 23.5 Å². The number of nitrogens with zero attached hydrogens (tertiary/aromatic N) is 1. The normalized spacial score (nSPS) is 11.0. The Kier molecular flexibility index (Phi) is 7.65. The van der Waals surface area contributed by atoms with Crippen molar-refractivity contribution in [2.45, 2.75) is 6.36 Å². The zero-order valence-electron chi connectivity index (χ0n) is 20.1. The largest absolute Gasteiger partial charge is 0.573 e. The minimum Gasteiger partial charge on any atom is -0.493 e. The van der Waals surface area contributed by atoms with Gasteiger partial charge in [-0.3, -0.25) is 14.6 Å². The number of nitrogens with two attached hydrogens (primary N) is 1. The van der Waals surface area contributed by atoms with Crippen LogP contribution < -0.4 is 25.3 Å².